The molecule has 0 fully saturated rings. The van der Waals surface area contributed by atoms with Gasteiger partial charge in [-0.3, -0.25) is 0 Å². The maximum atomic E-state index is 6.30. The van der Waals surface area contributed by atoms with E-state index in [1.54, 1.807) is 0 Å². The zero-order chi connectivity index (χ0) is 12.6. The Morgan fingerprint density at radius 3 is 2.18 bits per heavy atom. The van der Waals surface area contributed by atoms with Crippen LogP contribution in [0.4, 0.5) is 5.69 Å². The van der Waals surface area contributed by atoms with Gasteiger partial charge in [0.25, 0.3) is 0 Å². The smallest absolute Gasteiger partial charge is 0.0487 e. The second kappa shape index (κ2) is 4.42. The van der Waals surface area contributed by atoms with Gasteiger partial charge in [0, 0.05) is 16.3 Å². The van der Waals surface area contributed by atoms with E-state index < -0.39 is 0 Å². The van der Waals surface area contributed by atoms with Crippen LogP contribution in [0.3, 0.4) is 0 Å². The molecule has 0 aliphatic rings. The lowest BCUT2D eigenvalue weighted by Crippen LogP contribution is -1.91. The van der Waals surface area contributed by atoms with Crippen LogP contribution < -0.4 is 5.73 Å². The monoisotopic (exact) mass is 245 g/mol. The van der Waals surface area contributed by atoms with Crippen molar-refractivity contribution in [3.05, 3.63) is 52.0 Å². The maximum absolute atomic E-state index is 6.30. The molecule has 1 nitrogen and oxygen atoms in total. The summed E-state index contributed by atoms with van der Waals surface area (Å²) in [5.41, 5.74) is 12.4. The van der Waals surface area contributed by atoms with Crippen molar-refractivity contribution in [2.75, 3.05) is 5.73 Å². The highest BCUT2D eigenvalue weighted by molar-refractivity contribution is 6.33. The number of hydrogen-bond donors (Lipinski definition) is 1. The van der Waals surface area contributed by atoms with Gasteiger partial charge in [0.2, 0.25) is 0 Å². The fourth-order valence-corrected chi connectivity index (χ4v) is 2.17. The van der Waals surface area contributed by atoms with Crippen molar-refractivity contribution in [2.24, 2.45) is 0 Å². The lowest BCUT2D eigenvalue weighted by Gasteiger charge is -2.10. The predicted molar refractivity (Wildman–Crippen MR) is 75.5 cm³/mol. The van der Waals surface area contributed by atoms with Crippen molar-refractivity contribution < 1.29 is 0 Å². The molecule has 0 saturated carbocycles. The van der Waals surface area contributed by atoms with Gasteiger partial charge in [-0.25, -0.2) is 0 Å². The number of benzene rings is 2. The van der Waals surface area contributed by atoms with E-state index in [-0.39, 0.29) is 0 Å². The van der Waals surface area contributed by atoms with E-state index >= 15 is 0 Å². The average molecular weight is 246 g/mol. The average Bonchev–Trinajstić information content (AvgIpc) is 2.27. The van der Waals surface area contributed by atoms with E-state index in [1.165, 1.54) is 11.1 Å². The Kier molecular flexibility index (Phi) is 3.12. The SMILES string of the molecule is Cc1cc(Cl)c(-c2ccc(N)c(C)c2)cc1C. The molecule has 0 atom stereocenters. The molecule has 0 amide bonds. The van der Waals surface area contributed by atoms with Gasteiger partial charge in [-0.15, -0.1) is 0 Å². The summed E-state index contributed by atoms with van der Waals surface area (Å²) >= 11 is 6.30. The number of nitrogen functional groups attached to an aromatic ring is 1. The largest absolute Gasteiger partial charge is 0.399 e. The molecule has 0 heterocycles. The molecule has 0 aliphatic heterocycles. The summed E-state index contributed by atoms with van der Waals surface area (Å²) in [7, 11) is 0. The van der Waals surface area contributed by atoms with Crippen LogP contribution in [0.1, 0.15) is 16.7 Å². The molecule has 2 aromatic rings. The van der Waals surface area contributed by atoms with Crippen molar-refractivity contribution in [3.63, 3.8) is 0 Å². The summed E-state index contributed by atoms with van der Waals surface area (Å²) in [4.78, 5) is 0. The zero-order valence-electron chi connectivity index (χ0n) is 10.3. The van der Waals surface area contributed by atoms with Crippen molar-refractivity contribution in [1.29, 1.82) is 0 Å². The van der Waals surface area contributed by atoms with Gasteiger partial charge in [0.15, 0.2) is 0 Å². The molecule has 0 aromatic heterocycles. The van der Waals surface area contributed by atoms with Crippen LogP contribution >= 0.6 is 11.6 Å². The van der Waals surface area contributed by atoms with Gasteiger partial charge in [-0.2, -0.15) is 0 Å². The van der Waals surface area contributed by atoms with E-state index in [0.29, 0.717) is 0 Å². The first-order valence-electron chi connectivity index (χ1n) is 5.62. The topological polar surface area (TPSA) is 26.0 Å². The maximum Gasteiger partial charge on any atom is 0.0487 e. The molecule has 0 saturated heterocycles. The van der Waals surface area contributed by atoms with Crippen molar-refractivity contribution in [3.8, 4) is 11.1 Å². The quantitative estimate of drug-likeness (QED) is 0.735. The Labute approximate surface area is 107 Å². The third kappa shape index (κ3) is 2.29. The fraction of sp³-hybridized carbons (Fsp3) is 0.200. The Hall–Kier alpha value is -1.47. The van der Waals surface area contributed by atoms with Gasteiger partial charge in [-0.1, -0.05) is 17.7 Å². The Morgan fingerprint density at radius 1 is 0.882 bits per heavy atom. The number of nitrogens with two attached hydrogens (primary N) is 1. The van der Waals surface area contributed by atoms with Crippen molar-refractivity contribution in [2.45, 2.75) is 20.8 Å². The molecule has 88 valence electrons. The molecular formula is C15H16ClN. The van der Waals surface area contributed by atoms with Crippen LogP contribution in [-0.2, 0) is 0 Å². The van der Waals surface area contributed by atoms with Crippen LogP contribution in [0, 0.1) is 20.8 Å². The van der Waals surface area contributed by atoms with E-state index in [1.807, 2.05) is 25.1 Å². The molecule has 0 radical (unpaired) electrons. The van der Waals surface area contributed by atoms with Crippen molar-refractivity contribution >= 4 is 17.3 Å². The third-order valence-corrected chi connectivity index (χ3v) is 3.48. The Morgan fingerprint density at radius 2 is 1.53 bits per heavy atom. The molecule has 2 heteroatoms. The van der Waals surface area contributed by atoms with Gasteiger partial charge in [-0.05, 0) is 67.3 Å². The third-order valence-electron chi connectivity index (χ3n) is 3.16. The molecule has 0 spiro atoms. The summed E-state index contributed by atoms with van der Waals surface area (Å²) < 4.78 is 0. The van der Waals surface area contributed by atoms with Gasteiger partial charge in [0.05, 0.1) is 0 Å². The van der Waals surface area contributed by atoms with Gasteiger partial charge >= 0.3 is 0 Å². The lowest BCUT2D eigenvalue weighted by atomic mass is 9.98. The number of anilines is 1. The molecule has 0 bridgehead atoms. The number of halogens is 1. The number of rotatable bonds is 1. The van der Waals surface area contributed by atoms with E-state index in [2.05, 4.69) is 26.0 Å². The summed E-state index contributed by atoms with van der Waals surface area (Å²) in [5, 5.41) is 0.789. The standard InChI is InChI=1S/C15H16ClN/c1-9-7-13(14(16)8-10(9)2)12-4-5-15(17)11(3)6-12/h4-8H,17H2,1-3H3. The lowest BCUT2D eigenvalue weighted by molar-refractivity contribution is 1.34. The molecule has 2 N–H and O–H groups in total. The van der Waals surface area contributed by atoms with Gasteiger partial charge in [0.1, 0.15) is 0 Å². The molecule has 0 aliphatic carbocycles. The Bertz CT molecular complexity index is 573. The zero-order valence-corrected chi connectivity index (χ0v) is 11.1. The molecular weight excluding hydrogens is 230 g/mol. The minimum absolute atomic E-state index is 0.789. The van der Waals surface area contributed by atoms with Crippen LogP contribution in [0.15, 0.2) is 30.3 Å². The highest BCUT2D eigenvalue weighted by atomic mass is 35.5. The van der Waals surface area contributed by atoms with Crippen LogP contribution in [-0.4, -0.2) is 0 Å². The van der Waals surface area contributed by atoms with Crippen molar-refractivity contribution in [1.82, 2.24) is 0 Å². The fourth-order valence-electron chi connectivity index (χ4n) is 1.85. The van der Waals surface area contributed by atoms with Crippen LogP contribution in [0.25, 0.3) is 11.1 Å². The molecule has 17 heavy (non-hydrogen) atoms. The van der Waals surface area contributed by atoms with E-state index in [9.17, 15) is 0 Å². The number of hydrogen-bond acceptors (Lipinski definition) is 1. The highest BCUT2D eigenvalue weighted by Gasteiger charge is 2.07. The summed E-state index contributed by atoms with van der Waals surface area (Å²) in [6.07, 6.45) is 0. The molecule has 2 aromatic carbocycles. The number of aryl methyl sites for hydroxylation is 3. The predicted octanol–water partition coefficient (Wildman–Crippen LogP) is 4.51. The molecule has 2 rings (SSSR count). The van der Waals surface area contributed by atoms with E-state index in [0.717, 1.165) is 27.4 Å². The second-order valence-electron chi connectivity index (χ2n) is 4.49. The summed E-state index contributed by atoms with van der Waals surface area (Å²) in [6, 6.07) is 10.2. The summed E-state index contributed by atoms with van der Waals surface area (Å²) in [6.45, 7) is 6.17. The first kappa shape index (κ1) is 12.0. The van der Waals surface area contributed by atoms with Crippen LogP contribution in [0.2, 0.25) is 5.02 Å². The first-order valence-corrected chi connectivity index (χ1v) is 6.00. The summed E-state index contributed by atoms with van der Waals surface area (Å²) in [5.74, 6) is 0. The van der Waals surface area contributed by atoms with Gasteiger partial charge < -0.3 is 5.73 Å². The minimum Gasteiger partial charge on any atom is -0.399 e. The van der Waals surface area contributed by atoms with E-state index in [4.69, 9.17) is 17.3 Å². The second-order valence-corrected chi connectivity index (χ2v) is 4.89. The normalized spacial score (nSPS) is 10.6. The van der Waals surface area contributed by atoms with Crippen LogP contribution in [0.5, 0.6) is 0 Å². The molecule has 0 unspecified atom stereocenters. The first-order chi connectivity index (χ1) is 7.99. The minimum atomic E-state index is 0.789. The Balaban J connectivity index is 2.60. The highest BCUT2D eigenvalue weighted by Crippen LogP contribution is 2.31.